The van der Waals surface area contributed by atoms with Gasteiger partial charge in [0.15, 0.2) is 0 Å². The molecule has 1 fully saturated rings. The highest BCUT2D eigenvalue weighted by atomic mass is 16.5. The number of carboxylic acids is 1. The summed E-state index contributed by atoms with van der Waals surface area (Å²) in [6.45, 7) is 5.82. The van der Waals surface area contributed by atoms with E-state index in [2.05, 4.69) is 23.4 Å². The van der Waals surface area contributed by atoms with Gasteiger partial charge < -0.3 is 14.4 Å². The topological polar surface area (TPSA) is 64.3 Å². The number of benzene rings is 1. The van der Waals surface area contributed by atoms with Crippen LogP contribution in [0.4, 0.5) is 0 Å². The van der Waals surface area contributed by atoms with E-state index in [1.54, 1.807) is 18.2 Å². The molecule has 5 nitrogen and oxygen atoms in total. The van der Waals surface area contributed by atoms with Gasteiger partial charge in [0.05, 0.1) is 22.7 Å². The van der Waals surface area contributed by atoms with Gasteiger partial charge >= 0.3 is 5.97 Å². The van der Waals surface area contributed by atoms with E-state index in [0.717, 1.165) is 42.9 Å². The van der Waals surface area contributed by atoms with Crippen LogP contribution in [-0.4, -0.2) is 33.3 Å². The molecule has 2 atom stereocenters. The first-order chi connectivity index (χ1) is 10.1. The number of imidazole rings is 1. The molecule has 1 saturated heterocycles. The van der Waals surface area contributed by atoms with E-state index >= 15 is 0 Å². The second-order valence-corrected chi connectivity index (χ2v) is 5.63. The van der Waals surface area contributed by atoms with Crippen molar-refractivity contribution < 1.29 is 14.6 Å². The molecule has 2 heterocycles. The summed E-state index contributed by atoms with van der Waals surface area (Å²) in [4.78, 5) is 15.8. The molecule has 112 valence electrons. The van der Waals surface area contributed by atoms with Gasteiger partial charge in [-0.15, -0.1) is 0 Å². The van der Waals surface area contributed by atoms with Crippen LogP contribution in [0.25, 0.3) is 11.0 Å². The van der Waals surface area contributed by atoms with Crippen LogP contribution < -0.4 is 0 Å². The number of carbonyl (C=O) groups is 1. The second-order valence-electron chi connectivity index (χ2n) is 5.63. The van der Waals surface area contributed by atoms with Crippen molar-refractivity contribution in [2.75, 3.05) is 6.61 Å². The molecule has 0 radical (unpaired) electrons. The monoisotopic (exact) mass is 288 g/mol. The Morgan fingerprint density at radius 3 is 2.95 bits per heavy atom. The Morgan fingerprint density at radius 2 is 2.33 bits per heavy atom. The summed E-state index contributed by atoms with van der Waals surface area (Å²) in [6, 6.07) is 5.13. The fourth-order valence-electron chi connectivity index (χ4n) is 3.03. The molecule has 0 bridgehead atoms. The lowest BCUT2D eigenvalue weighted by Crippen LogP contribution is -2.19. The number of hydrogen-bond donors (Lipinski definition) is 1. The van der Waals surface area contributed by atoms with Crippen LogP contribution in [0, 0.1) is 5.92 Å². The van der Waals surface area contributed by atoms with E-state index in [9.17, 15) is 9.90 Å². The summed E-state index contributed by atoms with van der Waals surface area (Å²) < 4.78 is 7.80. The highest BCUT2D eigenvalue weighted by Gasteiger charge is 2.26. The largest absolute Gasteiger partial charge is 0.478 e. The Balaban J connectivity index is 2.05. The lowest BCUT2D eigenvalue weighted by molar-refractivity contribution is 0.0697. The standard InChI is InChI=1S/C16H20N2O3/c1-3-15-17-13-5-4-11(16(19)20)8-14(13)18(15)9-12-6-7-21-10(12)2/h4-5,8,10,12H,3,6-7,9H2,1-2H3,(H,19,20). The normalized spacial score (nSPS) is 22.0. The van der Waals surface area contributed by atoms with Crippen LogP contribution in [0.1, 0.15) is 36.5 Å². The van der Waals surface area contributed by atoms with Gasteiger partial charge in [-0.25, -0.2) is 9.78 Å². The molecule has 1 aliphatic rings. The van der Waals surface area contributed by atoms with Crippen molar-refractivity contribution in [1.29, 1.82) is 0 Å². The smallest absolute Gasteiger partial charge is 0.335 e. The lowest BCUT2D eigenvalue weighted by Gasteiger charge is -2.17. The maximum absolute atomic E-state index is 11.2. The van der Waals surface area contributed by atoms with Crippen molar-refractivity contribution in [2.24, 2.45) is 5.92 Å². The number of carboxylic acid groups (broad SMARTS) is 1. The highest BCUT2D eigenvalue weighted by molar-refractivity contribution is 5.92. The Morgan fingerprint density at radius 1 is 1.52 bits per heavy atom. The molecule has 2 unspecified atom stereocenters. The first kappa shape index (κ1) is 14.1. The number of aromatic carboxylic acids is 1. The molecular formula is C16H20N2O3. The molecule has 1 N–H and O–H groups in total. The predicted molar refractivity (Wildman–Crippen MR) is 79.6 cm³/mol. The predicted octanol–water partition coefficient (Wildman–Crippen LogP) is 2.72. The SMILES string of the molecule is CCc1nc2ccc(C(=O)O)cc2n1CC1CCOC1C. The minimum Gasteiger partial charge on any atom is -0.478 e. The summed E-state index contributed by atoms with van der Waals surface area (Å²) in [7, 11) is 0. The molecule has 5 heteroatoms. The molecule has 0 aliphatic carbocycles. The number of aromatic nitrogens is 2. The Hall–Kier alpha value is -1.88. The average molecular weight is 288 g/mol. The number of rotatable bonds is 4. The zero-order valence-electron chi connectivity index (χ0n) is 12.4. The van der Waals surface area contributed by atoms with Crippen molar-refractivity contribution in [3.05, 3.63) is 29.6 Å². The van der Waals surface area contributed by atoms with Crippen molar-refractivity contribution in [3.63, 3.8) is 0 Å². The Bertz CT molecular complexity index is 677. The number of nitrogens with zero attached hydrogens (tertiary/aromatic N) is 2. The van der Waals surface area contributed by atoms with Gasteiger partial charge in [0, 0.05) is 25.5 Å². The maximum Gasteiger partial charge on any atom is 0.335 e. The zero-order valence-corrected chi connectivity index (χ0v) is 12.4. The zero-order chi connectivity index (χ0) is 15.0. The molecular weight excluding hydrogens is 268 g/mol. The van der Waals surface area contributed by atoms with Gasteiger partial charge in [0.1, 0.15) is 5.82 Å². The maximum atomic E-state index is 11.2. The van der Waals surface area contributed by atoms with Crippen molar-refractivity contribution in [3.8, 4) is 0 Å². The van der Waals surface area contributed by atoms with Crippen LogP contribution in [-0.2, 0) is 17.7 Å². The van der Waals surface area contributed by atoms with Crippen molar-refractivity contribution in [2.45, 2.75) is 39.3 Å². The van der Waals surface area contributed by atoms with Gasteiger partial charge in [0.2, 0.25) is 0 Å². The molecule has 3 rings (SSSR count). The molecule has 0 spiro atoms. The van der Waals surface area contributed by atoms with E-state index in [1.165, 1.54) is 0 Å². The van der Waals surface area contributed by atoms with Crippen molar-refractivity contribution in [1.82, 2.24) is 9.55 Å². The first-order valence-corrected chi connectivity index (χ1v) is 7.44. The van der Waals surface area contributed by atoms with Crippen molar-refractivity contribution >= 4 is 17.0 Å². The quantitative estimate of drug-likeness (QED) is 0.939. The summed E-state index contributed by atoms with van der Waals surface area (Å²) in [5, 5.41) is 9.18. The van der Waals surface area contributed by atoms with Gasteiger partial charge in [-0.1, -0.05) is 6.92 Å². The minimum absolute atomic E-state index is 0.245. The molecule has 0 amide bonds. The third kappa shape index (κ3) is 2.53. The Labute approximate surface area is 123 Å². The molecule has 1 aromatic carbocycles. The van der Waals surface area contributed by atoms with Gasteiger partial charge in [-0.05, 0) is 31.5 Å². The fourth-order valence-corrected chi connectivity index (χ4v) is 3.03. The third-order valence-electron chi connectivity index (χ3n) is 4.34. The van der Waals surface area contributed by atoms with Crippen LogP contribution >= 0.6 is 0 Å². The van der Waals surface area contributed by atoms with Crippen LogP contribution in [0.15, 0.2) is 18.2 Å². The number of ether oxygens (including phenoxy) is 1. The molecule has 1 aromatic heterocycles. The molecule has 21 heavy (non-hydrogen) atoms. The summed E-state index contributed by atoms with van der Waals surface area (Å²) >= 11 is 0. The lowest BCUT2D eigenvalue weighted by atomic mass is 10.0. The van der Waals surface area contributed by atoms with Gasteiger partial charge in [-0.3, -0.25) is 0 Å². The van der Waals surface area contributed by atoms with Gasteiger partial charge in [-0.2, -0.15) is 0 Å². The third-order valence-corrected chi connectivity index (χ3v) is 4.34. The minimum atomic E-state index is -0.903. The molecule has 1 aliphatic heterocycles. The molecule has 2 aromatic rings. The van der Waals surface area contributed by atoms with E-state index < -0.39 is 5.97 Å². The van der Waals surface area contributed by atoms with E-state index in [-0.39, 0.29) is 6.10 Å². The summed E-state index contributed by atoms with van der Waals surface area (Å²) in [6.07, 6.45) is 2.12. The number of fused-ring (bicyclic) bond motifs is 1. The number of aryl methyl sites for hydroxylation is 1. The summed E-state index contributed by atoms with van der Waals surface area (Å²) in [5.41, 5.74) is 2.08. The summed E-state index contributed by atoms with van der Waals surface area (Å²) in [5.74, 6) is 0.563. The van der Waals surface area contributed by atoms with E-state index in [1.807, 2.05) is 0 Å². The van der Waals surface area contributed by atoms with Crippen LogP contribution in [0.5, 0.6) is 0 Å². The average Bonchev–Trinajstić information content (AvgIpc) is 3.03. The van der Waals surface area contributed by atoms with E-state index in [0.29, 0.717) is 11.5 Å². The van der Waals surface area contributed by atoms with E-state index in [4.69, 9.17) is 4.74 Å². The first-order valence-electron chi connectivity index (χ1n) is 7.44. The second kappa shape index (κ2) is 5.48. The van der Waals surface area contributed by atoms with Crippen LogP contribution in [0.2, 0.25) is 0 Å². The highest BCUT2D eigenvalue weighted by Crippen LogP contribution is 2.26. The fraction of sp³-hybridized carbons (Fsp3) is 0.500. The Kier molecular flexibility index (Phi) is 3.68. The molecule has 0 saturated carbocycles. The number of hydrogen-bond acceptors (Lipinski definition) is 3. The van der Waals surface area contributed by atoms with Gasteiger partial charge in [0.25, 0.3) is 0 Å². The van der Waals surface area contributed by atoms with Crippen LogP contribution in [0.3, 0.4) is 0 Å².